The van der Waals surface area contributed by atoms with Gasteiger partial charge in [-0.2, -0.15) is 0 Å². The average molecular weight is 255 g/mol. The molecule has 0 aromatic heterocycles. The molecule has 0 saturated carbocycles. The van der Waals surface area contributed by atoms with Crippen molar-refractivity contribution >= 4 is 11.8 Å². The summed E-state index contributed by atoms with van der Waals surface area (Å²) in [5, 5.41) is 3.21. The summed E-state index contributed by atoms with van der Waals surface area (Å²) in [7, 11) is 1.81. The molecule has 1 heterocycles. The predicted octanol–water partition coefficient (Wildman–Crippen LogP) is 0.457. The number of nitrogens with one attached hydrogen (secondary N) is 1. The summed E-state index contributed by atoms with van der Waals surface area (Å²) >= 11 is 0. The van der Waals surface area contributed by atoms with E-state index in [4.69, 9.17) is 0 Å². The Morgan fingerprint density at radius 1 is 1.22 bits per heavy atom. The Labute approximate surface area is 110 Å². The molecule has 0 radical (unpaired) electrons. The second kappa shape index (κ2) is 8.08. The van der Waals surface area contributed by atoms with Crippen LogP contribution in [-0.4, -0.2) is 61.4 Å². The van der Waals surface area contributed by atoms with Crippen molar-refractivity contribution in [3.05, 3.63) is 0 Å². The average Bonchev–Trinajstić information content (AvgIpc) is 2.42. The first-order valence-electron chi connectivity index (χ1n) is 6.87. The van der Waals surface area contributed by atoms with Gasteiger partial charge in [0.25, 0.3) is 0 Å². The molecule has 18 heavy (non-hydrogen) atoms. The Bertz CT molecular complexity index is 275. The van der Waals surface area contributed by atoms with Crippen LogP contribution in [0.15, 0.2) is 0 Å². The summed E-state index contributed by atoms with van der Waals surface area (Å²) in [6.07, 6.45) is 2.78. The van der Waals surface area contributed by atoms with Gasteiger partial charge in [-0.05, 0) is 6.42 Å². The van der Waals surface area contributed by atoms with Gasteiger partial charge in [-0.15, -0.1) is 0 Å². The maximum Gasteiger partial charge on any atom is 0.223 e. The molecule has 0 spiro atoms. The van der Waals surface area contributed by atoms with E-state index in [0.29, 0.717) is 12.8 Å². The third-order valence-corrected chi connectivity index (χ3v) is 3.30. The molecule has 1 saturated heterocycles. The number of nitrogens with zero attached hydrogens (tertiary/aromatic N) is 2. The molecule has 1 fully saturated rings. The number of rotatable bonds is 6. The number of hydrogen-bond acceptors (Lipinski definition) is 3. The van der Waals surface area contributed by atoms with Crippen LogP contribution >= 0.6 is 0 Å². The maximum atomic E-state index is 11.9. The molecule has 104 valence electrons. The van der Waals surface area contributed by atoms with Gasteiger partial charge in [-0.25, -0.2) is 0 Å². The van der Waals surface area contributed by atoms with Crippen LogP contribution in [0.3, 0.4) is 0 Å². The molecule has 0 atom stereocenters. The Balaban J connectivity index is 2.22. The van der Waals surface area contributed by atoms with E-state index in [9.17, 15) is 9.59 Å². The highest BCUT2D eigenvalue weighted by Gasteiger charge is 2.17. The van der Waals surface area contributed by atoms with E-state index in [2.05, 4.69) is 12.2 Å². The zero-order chi connectivity index (χ0) is 13.4. The van der Waals surface area contributed by atoms with Crippen molar-refractivity contribution in [3.63, 3.8) is 0 Å². The zero-order valence-electron chi connectivity index (χ0n) is 11.6. The molecule has 0 aromatic carbocycles. The summed E-state index contributed by atoms with van der Waals surface area (Å²) in [6.45, 7) is 6.13. The lowest BCUT2D eigenvalue weighted by molar-refractivity contribution is -0.136. The fraction of sp³-hybridized carbons (Fsp3) is 0.846. The van der Waals surface area contributed by atoms with Crippen molar-refractivity contribution in [1.82, 2.24) is 15.1 Å². The van der Waals surface area contributed by atoms with Gasteiger partial charge in [0.05, 0.1) is 0 Å². The second-order valence-corrected chi connectivity index (χ2v) is 4.80. The quantitative estimate of drug-likeness (QED) is 0.750. The minimum Gasteiger partial charge on any atom is -0.346 e. The molecule has 2 amide bonds. The van der Waals surface area contributed by atoms with Crippen molar-refractivity contribution in [2.24, 2.45) is 0 Å². The fourth-order valence-corrected chi connectivity index (χ4v) is 2.00. The first kappa shape index (κ1) is 15.0. The molecule has 5 nitrogen and oxygen atoms in total. The SMILES string of the molecule is CCCCN(C)C(=O)CCC(=O)N1CCNCC1. The van der Waals surface area contributed by atoms with Crippen LogP contribution in [0.2, 0.25) is 0 Å². The smallest absolute Gasteiger partial charge is 0.223 e. The maximum absolute atomic E-state index is 11.9. The summed E-state index contributed by atoms with van der Waals surface area (Å²) in [5.41, 5.74) is 0. The summed E-state index contributed by atoms with van der Waals surface area (Å²) < 4.78 is 0. The minimum absolute atomic E-state index is 0.0759. The molecule has 5 heteroatoms. The highest BCUT2D eigenvalue weighted by Crippen LogP contribution is 2.03. The van der Waals surface area contributed by atoms with Crippen molar-refractivity contribution in [2.75, 3.05) is 39.8 Å². The number of carbonyl (C=O) groups excluding carboxylic acids is 2. The molecule has 0 bridgehead atoms. The Morgan fingerprint density at radius 3 is 2.50 bits per heavy atom. The van der Waals surface area contributed by atoms with E-state index in [1.807, 2.05) is 11.9 Å². The van der Waals surface area contributed by atoms with Crippen LogP contribution in [0, 0.1) is 0 Å². The van der Waals surface area contributed by atoms with Crippen LogP contribution < -0.4 is 5.32 Å². The fourth-order valence-electron chi connectivity index (χ4n) is 2.00. The lowest BCUT2D eigenvalue weighted by atomic mass is 10.2. The second-order valence-electron chi connectivity index (χ2n) is 4.80. The van der Waals surface area contributed by atoms with Crippen molar-refractivity contribution in [3.8, 4) is 0 Å². The van der Waals surface area contributed by atoms with Gasteiger partial charge in [-0.3, -0.25) is 9.59 Å². The van der Waals surface area contributed by atoms with Crippen LogP contribution in [0.25, 0.3) is 0 Å². The predicted molar refractivity (Wildman–Crippen MR) is 71.2 cm³/mol. The normalized spacial score (nSPS) is 15.6. The van der Waals surface area contributed by atoms with Crippen LogP contribution in [0.1, 0.15) is 32.6 Å². The molecule has 0 aliphatic carbocycles. The minimum atomic E-state index is 0.0759. The zero-order valence-corrected chi connectivity index (χ0v) is 11.6. The number of unbranched alkanes of at least 4 members (excludes halogenated alkanes) is 1. The molecule has 0 aromatic rings. The standard InChI is InChI=1S/C13H25N3O2/c1-3-4-9-15(2)12(17)5-6-13(18)16-10-7-14-8-11-16/h14H,3-11H2,1-2H3. The molecule has 1 N–H and O–H groups in total. The van der Waals surface area contributed by atoms with Gasteiger partial charge in [0.1, 0.15) is 0 Å². The third kappa shape index (κ3) is 5.04. The molecular formula is C13H25N3O2. The van der Waals surface area contributed by atoms with Crippen molar-refractivity contribution < 1.29 is 9.59 Å². The lowest BCUT2D eigenvalue weighted by Crippen LogP contribution is -2.46. The Morgan fingerprint density at radius 2 is 1.89 bits per heavy atom. The molecular weight excluding hydrogens is 230 g/mol. The van der Waals surface area contributed by atoms with E-state index in [0.717, 1.165) is 45.6 Å². The van der Waals surface area contributed by atoms with E-state index in [1.54, 1.807) is 4.90 Å². The largest absolute Gasteiger partial charge is 0.346 e. The number of piperazine rings is 1. The van der Waals surface area contributed by atoms with Crippen LogP contribution in [0.5, 0.6) is 0 Å². The van der Waals surface area contributed by atoms with Crippen LogP contribution in [0.4, 0.5) is 0 Å². The Hall–Kier alpha value is -1.10. The summed E-state index contributed by atoms with van der Waals surface area (Å²) in [6, 6.07) is 0. The topological polar surface area (TPSA) is 52.7 Å². The van der Waals surface area contributed by atoms with Crippen molar-refractivity contribution in [1.29, 1.82) is 0 Å². The first-order chi connectivity index (χ1) is 8.65. The van der Waals surface area contributed by atoms with Gasteiger partial charge in [0, 0.05) is 52.6 Å². The number of hydrogen-bond donors (Lipinski definition) is 1. The lowest BCUT2D eigenvalue weighted by Gasteiger charge is -2.27. The van der Waals surface area contributed by atoms with Gasteiger partial charge >= 0.3 is 0 Å². The monoisotopic (exact) mass is 255 g/mol. The molecule has 0 unspecified atom stereocenters. The Kier molecular flexibility index (Phi) is 6.72. The highest BCUT2D eigenvalue weighted by molar-refractivity contribution is 5.83. The van der Waals surface area contributed by atoms with Gasteiger partial charge in [0.15, 0.2) is 0 Å². The molecule has 1 aliphatic heterocycles. The molecule has 1 aliphatic rings. The summed E-state index contributed by atoms with van der Waals surface area (Å²) in [5.74, 6) is 0.181. The van der Waals surface area contributed by atoms with Crippen molar-refractivity contribution in [2.45, 2.75) is 32.6 Å². The van der Waals surface area contributed by atoms with E-state index in [1.165, 1.54) is 0 Å². The van der Waals surface area contributed by atoms with E-state index < -0.39 is 0 Å². The highest BCUT2D eigenvalue weighted by atomic mass is 16.2. The van der Waals surface area contributed by atoms with Gasteiger partial charge in [0.2, 0.25) is 11.8 Å². The van der Waals surface area contributed by atoms with Gasteiger partial charge < -0.3 is 15.1 Å². The van der Waals surface area contributed by atoms with E-state index in [-0.39, 0.29) is 11.8 Å². The van der Waals surface area contributed by atoms with E-state index >= 15 is 0 Å². The number of amides is 2. The first-order valence-corrected chi connectivity index (χ1v) is 6.87. The third-order valence-electron chi connectivity index (χ3n) is 3.30. The number of carbonyl (C=O) groups is 2. The van der Waals surface area contributed by atoms with Gasteiger partial charge in [-0.1, -0.05) is 13.3 Å². The molecule has 1 rings (SSSR count). The summed E-state index contributed by atoms with van der Waals surface area (Å²) in [4.78, 5) is 27.2. The van der Waals surface area contributed by atoms with Crippen LogP contribution in [-0.2, 0) is 9.59 Å².